The molecule has 0 spiro atoms. The predicted octanol–water partition coefficient (Wildman–Crippen LogP) is 5.84. The van der Waals surface area contributed by atoms with E-state index in [0.29, 0.717) is 0 Å². The van der Waals surface area contributed by atoms with E-state index in [1.807, 2.05) is 24.3 Å². The number of aromatic hydroxyl groups is 2. The molecule has 3 nitrogen and oxygen atoms in total. The van der Waals surface area contributed by atoms with Gasteiger partial charge in [0, 0.05) is 11.1 Å². The highest BCUT2D eigenvalue weighted by molar-refractivity contribution is 6.00. The number of aryl methyl sites for hydroxylation is 1. The lowest BCUT2D eigenvalue weighted by Gasteiger charge is -2.05. The first-order valence-corrected chi connectivity index (χ1v) is 9.14. The molecule has 0 saturated carbocycles. The zero-order chi connectivity index (χ0) is 18.5. The molecule has 5 rings (SSSR count). The fourth-order valence-electron chi connectivity index (χ4n) is 4.14. The van der Waals surface area contributed by atoms with Gasteiger partial charge in [0.2, 0.25) is 0 Å². The largest absolute Gasteiger partial charge is 0.508 e. The predicted molar refractivity (Wildman–Crippen MR) is 110 cm³/mol. The van der Waals surface area contributed by atoms with E-state index in [-0.39, 0.29) is 11.5 Å². The molecule has 3 heterocycles. The van der Waals surface area contributed by atoms with Crippen molar-refractivity contribution in [2.24, 2.45) is 0 Å². The van der Waals surface area contributed by atoms with Gasteiger partial charge in [-0.2, -0.15) is 0 Å². The summed E-state index contributed by atoms with van der Waals surface area (Å²) in [6.45, 7) is 2.18. The first-order chi connectivity index (χ1) is 13.2. The quantitative estimate of drug-likeness (QED) is 0.428. The van der Waals surface area contributed by atoms with Crippen molar-refractivity contribution in [1.82, 2.24) is 4.40 Å². The van der Waals surface area contributed by atoms with Crippen LogP contribution in [0.2, 0.25) is 0 Å². The first kappa shape index (κ1) is 15.8. The smallest absolute Gasteiger partial charge is 0.115 e. The maximum Gasteiger partial charge on any atom is 0.115 e. The number of benzene rings is 2. The number of phenols is 2. The lowest BCUT2D eigenvalue weighted by atomic mass is 9.98. The third kappa shape index (κ3) is 2.28. The van der Waals surface area contributed by atoms with Gasteiger partial charge in [-0.05, 0) is 65.6 Å². The third-order valence-corrected chi connectivity index (χ3v) is 5.34. The molecule has 0 saturated heterocycles. The van der Waals surface area contributed by atoms with Crippen molar-refractivity contribution in [2.75, 3.05) is 0 Å². The van der Waals surface area contributed by atoms with Crippen molar-refractivity contribution in [3.63, 3.8) is 0 Å². The fraction of sp³-hybridized carbons (Fsp3) is 0.0833. The molecule has 5 aromatic rings. The van der Waals surface area contributed by atoms with Crippen molar-refractivity contribution >= 4 is 16.6 Å². The van der Waals surface area contributed by atoms with Crippen LogP contribution < -0.4 is 0 Å². The van der Waals surface area contributed by atoms with Crippen LogP contribution in [0.4, 0.5) is 0 Å². The molecule has 0 aliphatic heterocycles. The van der Waals surface area contributed by atoms with E-state index in [1.165, 1.54) is 22.2 Å². The Morgan fingerprint density at radius 1 is 0.704 bits per heavy atom. The van der Waals surface area contributed by atoms with Gasteiger partial charge in [-0.25, -0.2) is 0 Å². The minimum absolute atomic E-state index is 0.271. The van der Waals surface area contributed by atoms with Gasteiger partial charge in [0.25, 0.3) is 0 Å². The Hall–Kier alpha value is -3.46. The number of rotatable bonds is 3. The summed E-state index contributed by atoms with van der Waals surface area (Å²) in [5.41, 5.74) is 9.43. The summed E-state index contributed by atoms with van der Waals surface area (Å²) in [6, 6.07) is 23.4. The standard InChI is InChI=1S/C24H19NO2/c1-2-19-21-4-3-5-22-20(15-6-10-17(26)11-7-15)14-23(25(21)22)24(19)16-8-12-18(27)13-9-16/h3-14,26-27H,2H2,1H3. The highest BCUT2D eigenvalue weighted by Crippen LogP contribution is 2.41. The summed E-state index contributed by atoms with van der Waals surface area (Å²) in [6.07, 6.45) is 0.936. The van der Waals surface area contributed by atoms with Crippen molar-refractivity contribution in [3.05, 3.63) is 78.4 Å². The topological polar surface area (TPSA) is 44.9 Å². The molecule has 3 heteroatoms. The van der Waals surface area contributed by atoms with E-state index in [1.54, 1.807) is 24.3 Å². The van der Waals surface area contributed by atoms with Crippen LogP contribution in [0.15, 0.2) is 72.8 Å². The molecule has 0 amide bonds. The maximum atomic E-state index is 9.68. The molecule has 0 radical (unpaired) electrons. The van der Waals surface area contributed by atoms with E-state index in [2.05, 4.69) is 35.6 Å². The molecule has 0 fully saturated rings. The van der Waals surface area contributed by atoms with Crippen LogP contribution >= 0.6 is 0 Å². The molecule has 2 N–H and O–H groups in total. The number of pyridine rings is 1. The van der Waals surface area contributed by atoms with Crippen molar-refractivity contribution in [3.8, 4) is 33.8 Å². The summed E-state index contributed by atoms with van der Waals surface area (Å²) in [4.78, 5) is 0. The summed E-state index contributed by atoms with van der Waals surface area (Å²) < 4.78 is 2.32. The van der Waals surface area contributed by atoms with E-state index in [9.17, 15) is 10.2 Å². The molecule has 0 bridgehead atoms. The average Bonchev–Trinajstić information content (AvgIpc) is 3.22. The number of nitrogens with zero attached hydrogens (tertiary/aromatic N) is 1. The van der Waals surface area contributed by atoms with Crippen molar-refractivity contribution in [2.45, 2.75) is 13.3 Å². The lowest BCUT2D eigenvalue weighted by molar-refractivity contribution is 0.475. The average molecular weight is 353 g/mol. The van der Waals surface area contributed by atoms with Crippen LogP contribution in [0.25, 0.3) is 38.8 Å². The highest BCUT2D eigenvalue weighted by Gasteiger charge is 2.20. The number of hydrogen-bond acceptors (Lipinski definition) is 2. The van der Waals surface area contributed by atoms with Crippen LogP contribution in [0, 0.1) is 0 Å². The monoisotopic (exact) mass is 353 g/mol. The molecule has 0 atom stereocenters. The summed E-state index contributed by atoms with van der Waals surface area (Å²) in [5.74, 6) is 0.547. The van der Waals surface area contributed by atoms with Gasteiger partial charge >= 0.3 is 0 Å². The Bertz CT molecular complexity index is 1250. The van der Waals surface area contributed by atoms with E-state index in [0.717, 1.165) is 28.6 Å². The highest BCUT2D eigenvalue weighted by atomic mass is 16.3. The summed E-state index contributed by atoms with van der Waals surface area (Å²) >= 11 is 0. The van der Waals surface area contributed by atoms with Gasteiger partial charge < -0.3 is 14.6 Å². The second-order valence-electron chi connectivity index (χ2n) is 6.88. The zero-order valence-corrected chi connectivity index (χ0v) is 15.0. The Labute approximate surface area is 157 Å². The van der Waals surface area contributed by atoms with Gasteiger partial charge in [-0.15, -0.1) is 0 Å². The van der Waals surface area contributed by atoms with E-state index in [4.69, 9.17) is 0 Å². The van der Waals surface area contributed by atoms with E-state index >= 15 is 0 Å². The Kier molecular flexibility index (Phi) is 3.37. The van der Waals surface area contributed by atoms with Gasteiger partial charge in [0.1, 0.15) is 11.5 Å². The van der Waals surface area contributed by atoms with Gasteiger partial charge in [-0.3, -0.25) is 0 Å². The number of aromatic nitrogens is 1. The van der Waals surface area contributed by atoms with Crippen LogP contribution in [-0.4, -0.2) is 14.6 Å². The van der Waals surface area contributed by atoms with E-state index < -0.39 is 0 Å². The minimum atomic E-state index is 0.271. The SMILES string of the molecule is CCc1c(-c2ccc(O)cc2)c2cc(-c3ccc(O)cc3)c3cccc1n32. The molecular formula is C24H19NO2. The summed E-state index contributed by atoms with van der Waals surface area (Å²) in [5, 5.41) is 19.3. The van der Waals surface area contributed by atoms with Crippen molar-refractivity contribution < 1.29 is 10.2 Å². The fourth-order valence-corrected chi connectivity index (χ4v) is 4.14. The van der Waals surface area contributed by atoms with Crippen LogP contribution in [0.3, 0.4) is 0 Å². The maximum absolute atomic E-state index is 9.68. The van der Waals surface area contributed by atoms with Crippen LogP contribution in [0.5, 0.6) is 11.5 Å². The zero-order valence-electron chi connectivity index (χ0n) is 15.0. The molecule has 0 aliphatic rings. The number of hydrogen-bond donors (Lipinski definition) is 2. The van der Waals surface area contributed by atoms with Crippen LogP contribution in [-0.2, 0) is 6.42 Å². The Balaban J connectivity index is 1.86. The minimum Gasteiger partial charge on any atom is -0.508 e. The Morgan fingerprint density at radius 2 is 1.30 bits per heavy atom. The lowest BCUT2D eigenvalue weighted by Crippen LogP contribution is -1.86. The second kappa shape index (κ2) is 5.78. The second-order valence-corrected chi connectivity index (χ2v) is 6.88. The normalized spacial score (nSPS) is 11.6. The number of phenolic OH excluding ortho intramolecular Hbond substituents is 2. The molecule has 0 aliphatic carbocycles. The molecule has 0 unspecified atom stereocenters. The molecular weight excluding hydrogens is 334 g/mol. The summed E-state index contributed by atoms with van der Waals surface area (Å²) in [7, 11) is 0. The van der Waals surface area contributed by atoms with Gasteiger partial charge in [0.15, 0.2) is 0 Å². The van der Waals surface area contributed by atoms with Gasteiger partial charge in [-0.1, -0.05) is 37.3 Å². The molecule has 27 heavy (non-hydrogen) atoms. The van der Waals surface area contributed by atoms with Crippen LogP contribution in [0.1, 0.15) is 12.5 Å². The first-order valence-electron chi connectivity index (χ1n) is 9.14. The Morgan fingerprint density at radius 3 is 1.93 bits per heavy atom. The third-order valence-electron chi connectivity index (χ3n) is 5.34. The molecule has 132 valence electrons. The van der Waals surface area contributed by atoms with Crippen molar-refractivity contribution in [1.29, 1.82) is 0 Å². The van der Waals surface area contributed by atoms with Gasteiger partial charge in [0.05, 0.1) is 16.6 Å². The molecule has 3 aromatic heterocycles. The molecule has 2 aromatic carbocycles.